The molecule has 1 amide bonds. The third-order valence-corrected chi connectivity index (χ3v) is 5.07. The Bertz CT molecular complexity index is 667. The monoisotopic (exact) mass is 355 g/mol. The second-order valence-electron chi connectivity index (χ2n) is 7.41. The summed E-state index contributed by atoms with van der Waals surface area (Å²) in [5.74, 6) is -0.424. The van der Waals surface area contributed by atoms with Gasteiger partial charge in [-0.2, -0.15) is 5.10 Å². The molecule has 7 heteroatoms. The van der Waals surface area contributed by atoms with Crippen molar-refractivity contribution in [2.45, 2.75) is 53.0 Å². The van der Waals surface area contributed by atoms with E-state index in [4.69, 9.17) is 4.84 Å². The smallest absolute Gasteiger partial charge is 0.275 e. The van der Waals surface area contributed by atoms with Gasteiger partial charge in [-0.3, -0.25) is 14.3 Å². The van der Waals surface area contributed by atoms with E-state index in [9.17, 15) is 13.6 Å². The van der Waals surface area contributed by atoms with E-state index in [2.05, 4.69) is 31.9 Å². The summed E-state index contributed by atoms with van der Waals surface area (Å²) in [7, 11) is 2.91. The molecule has 5 nitrogen and oxygen atoms in total. The van der Waals surface area contributed by atoms with E-state index >= 15 is 0 Å². The van der Waals surface area contributed by atoms with E-state index in [0.717, 1.165) is 12.8 Å². The van der Waals surface area contributed by atoms with Crippen molar-refractivity contribution >= 4 is 5.91 Å². The van der Waals surface area contributed by atoms with Crippen LogP contribution in [0.25, 0.3) is 0 Å². The Morgan fingerprint density at radius 2 is 2.12 bits per heavy atom. The van der Waals surface area contributed by atoms with Crippen LogP contribution in [0.2, 0.25) is 0 Å². The molecule has 0 spiro atoms. The number of alkyl halides is 2. The van der Waals surface area contributed by atoms with Gasteiger partial charge in [-0.15, -0.1) is 0 Å². The fourth-order valence-electron chi connectivity index (χ4n) is 3.98. The van der Waals surface area contributed by atoms with Crippen LogP contribution < -0.4 is 0 Å². The SMILES string of the molecule is CON(C(=O)c1cn(C)nc1C(F)F)C(C)C1CCC(C)=CC1(C)C. The second-order valence-corrected chi connectivity index (χ2v) is 7.41. The minimum atomic E-state index is -2.81. The van der Waals surface area contributed by atoms with E-state index in [1.54, 1.807) is 0 Å². The molecule has 0 N–H and O–H groups in total. The molecule has 0 saturated carbocycles. The fourth-order valence-corrected chi connectivity index (χ4v) is 3.98. The number of aromatic nitrogens is 2. The highest BCUT2D eigenvalue weighted by Crippen LogP contribution is 2.42. The van der Waals surface area contributed by atoms with E-state index in [-0.39, 0.29) is 22.9 Å². The zero-order valence-corrected chi connectivity index (χ0v) is 15.7. The standard InChI is InChI=1S/C18H27F2N3O2/c1-11-7-8-14(18(3,4)9-11)12(2)23(25-6)17(24)13-10-22(5)21-15(13)16(19)20/h9-10,12,14,16H,7-8H2,1-6H3. The van der Waals surface area contributed by atoms with Crippen LogP contribution in [0.15, 0.2) is 17.8 Å². The number of hydroxylamine groups is 2. The van der Waals surface area contributed by atoms with Crippen molar-refractivity contribution in [2.24, 2.45) is 18.4 Å². The molecule has 2 atom stereocenters. The van der Waals surface area contributed by atoms with Gasteiger partial charge < -0.3 is 0 Å². The van der Waals surface area contributed by atoms with Gasteiger partial charge in [0.2, 0.25) is 0 Å². The summed E-state index contributed by atoms with van der Waals surface area (Å²) in [5.41, 5.74) is 0.585. The zero-order chi connectivity index (χ0) is 18.9. The fraction of sp³-hybridized carbons (Fsp3) is 0.667. The molecule has 1 aromatic heterocycles. The molecule has 140 valence electrons. The number of halogens is 2. The molecule has 0 aromatic carbocycles. The molecule has 1 aromatic rings. The molecule has 0 saturated heterocycles. The van der Waals surface area contributed by atoms with Gasteiger partial charge >= 0.3 is 0 Å². The Morgan fingerprint density at radius 3 is 2.64 bits per heavy atom. The number of amides is 1. The third-order valence-electron chi connectivity index (χ3n) is 5.07. The highest BCUT2D eigenvalue weighted by Gasteiger charge is 2.40. The first-order valence-electron chi connectivity index (χ1n) is 8.46. The predicted octanol–water partition coefficient (Wildman–Crippen LogP) is 4.13. The van der Waals surface area contributed by atoms with Gasteiger partial charge in [-0.05, 0) is 38.0 Å². The molecule has 1 aliphatic rings. The van der Waals surface area contributed by atoms with Crippen molar-refractivity contribution in [1.82, 2.24) is 14.8 Å². The molecule has 1 heterocycles. The van der Waals surface area contributed by atoms with E-state index in [1.807, 2.05) is 6.92 Å². The molecule has 2 rings (SSSR count). The maximum absolute atomic E-state index is 13.2. The van der Waals surface area contributed by atoms with Crippen LogP contribution in [0.3, 0.4) is 0 Å². The first kappa shape index (κ1) is 19.6. The average molecular weight is 355 g/mol. The van der Waals surface area contributed by atoms with Crippen LogP contribution in [-0.4, -0.2) is 33.9 Å². The molecule has 2 unspecified atom stereocenters. The normalized spacial score (nSPS) is 21.2. The van der Waals surface area contributed by atoms with Crippen LogP contribution >= 0.6 is 0 Å². The summed E-state index contributed by atoms with van der Waals surface area (Å²) in [6, 6.07) is -0.262. The summed E-state index contributed by atoms with van der Waals surface area (Å²) >= 11 is 0. The van der Waals surface area contributed by atoms with Crippen molar-refractivity contribution in [3.8, 4) is 0 Å². The maximum Gasteiger partial charge on any atom is 0.282 e. The van der Waals surface area contributed by atoms with Gasteiger partial charge in [-0.1, -0.05) is 25.5 Å². The minimum Gasteiger partial charge on any atom is -0.275 e. The van der Waals surface area contributed by atoms with Crippen molar-refractivity contribution < 1.29 is 18.4 Å². The summed E-state index contributed by atoms with van der Waals surface area (Å²) in [6.45, 7) is 8.26. The third kappa shape index (κ3) is 3.92. The van der Waals surface area contributed by atoms with Crippen molar-refractivity contribution in [2.75, 3.05) is 7.11 Å². The summed E-state index contributed by atoms with van der Waals surface area (Å²) < 4.78 is 27.6. The Hall–Kier alpha value is -1.76. The highest BCUT2D eigenvalue weighted by molar-refractivity contribution is 5.94. The number of aryl methyl sites for hydroxylation is 1. The number of rotatable bonds is 5. The van der Waals surface area contributed by atoms with Crippen LogP contribution in [-0.2, 0) is 11.9 Å². The Morgan fingerprint density at radius 1 is 1.48 bits per heavy atom. The lowest BCUT2D eigenvalue weighted by molar-refractivity contribution is -0.140. The lowest BCUT2D eigenvalue weighted by atomic mass is 9.68. The van der Waals surface area contributed by atoms with Gasteiger partial charge in [0.05, 0.1) is 18.7 Å². The number of hydrogen-bond donors (Lipinski definition) is 0. The van der Waals surface area contributed by atoms with Gasteiger partial charge in [0.25, 0.3) is 12.3 Å². The van der Waals surface area contributed by atoms with Crippen molar-refractivity contribution in [3.63, 3.8) is 0 Å². The number of nitrogens with zero attached hydrogens (tertiary/aromatic N) is 3. The highest BCUT2D eigenvalue weighted by atomic mass is 19.3. The minimum absolute atomic E-state index is 0.112. The van der Waals surface area contributed by atoms with E-state index in [0.29, 0.717) is 0 Å². The van der Waals surface area contributed by atoms with Gasteiger partial charge in [0.15, 0.2) is 0 Å². The van der Waals surface area contributed by atoms with Gasteiger partial charge in [0.1, 0.15) is 5.69 Å². The van der Waals surface area contributed by atoms with Crippen LogP contribution in [0.4, 0.5) is 8.78 Å². The van der Waals surface area contributed by atoms with Gasteiger partial charge in [0, 0.05) is 13.2 Å². The second kappa shape index (κ2) is 7.23. The Balaban J connectivity index is 2.32. The first-order chi connectivity index (χ1) is 11.6. The molecule has 0 fully saturated rings. The lowest BCUT2D eigenvalue weighted by Gasteiger charge is -2.43. The van der Waals surface area contributed by atoms with Crippen LogP contribution in [0.5, 0.6) is 0 Å². The Labute approximate surface area is 147 Å². The van der Waals surface area contributed by atoms with E-state index < -0.39 is 18.0 Å². The number of carbonyl (C=O) groups is 1. The number of allylic oxidation sites excluding steroid dienone is 2. The Kier molecular flexibility index (Phi) is 5.66. The first-order valence-corrected chi connectivity index (χ1v) is 8.46. The molecule has 0 bridgehead atoms. The molecular weight excluding hydrogens is 328 g/mol. The predicted molar refractivity (Wildman–Crippen MR) is 91.1 cm³/mol. The molecular formula is C18H27F2N3O2. The lowest BCUT2D eigenvalue weighted by Crippen LogP contribution is -2.47. The number of hydrogen-bond acceptors (Lipinski definition) is 3. The van der Waals surface area contributed by atoms with Crippen LogP contribution in [0.1, 0.15) is 63.0 Å². The van der Waals surface area contributed by atoms with Crippen molar-refractivity contribution in [1.29, 1.82) is 0 Å². The van der Waals surface area contributed by atoms with Gasteiger partial charge in [-0.25, -0.2) is 13.8 Å². The van der Waals surface area contributed by atoms with E-state index in [1.165, 1.54) is 35.7 Å². The number of carbonyl (C=O) groups excluding carboxylic acids is 1. The van der Waals surface area contributed by atoms with Crippen molar-refractivity contribution in [3.05, 3.63) is 29.1 Å². The topological polar surface area (TPSA) is 47.4 Å². The average Bonchev–Trinajstić information content (AvgIpc) is 2.88. The maximum atomic E-state index is 13.2. The largest absolute Gasteiger partial charge is 0.282 e. The zero-order valence-electron chi connectivity index (χ0n) is 15.7. The quantitative estimate of drug-likeness (QED) is 0.589. The molecule has 0 aliphatic heterocycles. The van der Waals surface area contributed by atoms with Crippen LogP contribution in [0, 0.1) is 11.3 Å². The molecule has 0 radical (unpaired) electrons. The molecule has 25 heavy (non-hydrogen) atoms. The molecule has 1 aliphatic carbocycles. The summed E-state index contributed by atoms with van der Waals surface area (Å²) in [4.78, 5) is 18.2. The summed E-state index contributed by atoms with van der Waals surface area (Å²) in [6.07, 6.45) is 2.60. The summed E-state index contributed by atoms with van der Waals surface area (Å²) in [5, 5.41) is 4.92.